The van der Waals surface area contributed by atoms with Crippen LogP contribution in [-0.2, 0) is 20.9 Å². The van der Waals surface area contributed by atoms with Crippen LogP contribution in [0.3, 0.4) is 0 Å². The second-order valence-corrected chi connectivity index (χ2v) is 6.48. The topological polar surface area (TPSA) is 73.9 Å². The van der Waals surface area contributed by atoms with Crippen molar-refractivity contribution in [3.05, 3.63) is 59.1 Å². The fraction of sp³-hybridized carbons (Fsp3) is 0.333. The van der Waals surface area contributed by atoms with Crippen LogP contribution < -0.4 is 14.8 Å². The summed E-state index contributed by atoms with van der Waals surface area (Å²) in [6, 6.07) is 14.4. The number of amides is 1. The van der Waals surface area contributed by atoms with Crippen molar-refractivity contribution in [1.29, 1.82) is 0 Å². The van der Waals surface area contributed by atoms with Crippen LogP contribution >= 0.6 is 11.6 Å². The molecule has 0 unspecified atom stereocenters. The lowest BCUT2D eigenvalue weighted by molar-refractivity contribution is -0.155. The molecule has 0 radical (unpaired) electrons. The van der Waals surface area contributed by atoms with Gasteiger partial charge in [-0.25, -0.2) is 0 Å². The van der Waals surface area contributed by atoms with Crippen molar-refractivity contribution in [2.45, 2.75) is 32.4 Å². The van der Waals surface area contributed by atoms with Gasteiger partial charge in [0.2, 0.25) is 0 Å². The summed E-state index contributed by atoms with van der Waals surface area (Å²) in [6.07, 6.45) is -0.227. The predicted molar refractivity (Wildman–Crippen MR) is 107 cm³/mol. The van der Waals surface area contributed by atoms with Gasteiger partial charge >= 0.3 is 5.97 Å². The Labute approximate surface area is 169 Å². The molecule has 1 N–H and O–H groups in total. The summed E-state index contributed by atoms with van der Waals surface area (Å²) in [5.41, 5.74) is 0.798. The largest absolute Gasteiger partial charge is 0.497 e. The molecule has 150 valence electrons. The second-order valence-electron chi connectivity index (χ2n) is 6.07. The first-order chi connectivity index (χ1) is 13.5. The first-order valence-electron chi connectivity index (χ1n) is 8.97. The first kappa shape index (κ1) is 21.6. The van der Waals surface area contributed by atoms with Gasteiger partial charge in [0.15, 0.2) is 6.10 Å². The molecule has 1 atom stereocenters. The standard InChI is InChI=1S/C21H24ClNO5/c1-15(21(25)23-14-16-6-3-4-7-19(16)22)28-20(24)8-5-13-27-18-11-9-17(26-2)10-12-18/h3-4,6-7,9-12,15H,5,8,13-14H2,1-2H3,(H,23,25)/t15-/m0/s1. The zero-order valence-corrected chi connectivity index (χ0v) is 16.7. The Morgan fingerprint density at radius 2 is 1.75 bits per heavy atom. The molecule has 2 rings (SSSR count). The van der Waals surface area contributed by atoms with Crippen LogP contribution in [0.2, 0.25) is 5.02 Å². The Kier molecular flexibility index (Phi) is 8.62. The SMILES string of the molecule is COc1ccc(OCCCC(=O)O[C@@H](C)C(=O)NCc2ccccc2Cl)cc1. The lowest BCUT2D eigenvalue weighted by Gasteiger charge is -2.14. The number of esters is 1. The fourth-order valence-electron chi connectivity index (χ4n) is 2.36. The van der Waals surface area contributed by atoms with E-state index >= 15 is 0 Å². The van der Waals surface area contributed by atoms with Crippen molar-refractivity contribution in [3.8, 4) is 11.5 Å². The second kappa shape index (κ2) is 11.2. The third-order valence-electron chi connectivity index (χ3n) is 3.94. The summed E-state index contributed by atoms with van der Waals surface area (Å²) < 4.78 is 15.8. The van der Waals surface area contributed by atoms with Crippen LogP contribution in [0.5, 0.6) is 11.5 Å². The summed E-state index contributed by atoms with van der Waals surface area (Å²) >= 11 is 6.05. The van der Waals surface area contributed by atoms with E-state index in [9.17, 15) is 9.59 Å². The third kappa shape index (κ3) is 7.12. The maximum atomic E-state index is 12.1. The Morgan fingerprint density at radius 3 is 2.43 bits per heavy atom. The predicted octanol–water partition coefficient (Wildman–Crippen LogP) is 3.76. The minimum Gasteiger partial charge on any atom is -0.497 e. The Hall–Kier alpha value is -2.73. The Balaban J connectivity index is 1.64. The van der Waals surface area contributed by atoms with Crippen LogP contribution in [0.25, 0.3) is 0 Å². The average molecular weight is 406 g/mol. The zero-order valence-electron chi connectivity index (χ0n) is 15.9. The summed E-state index contributed by atoms with van der Waals surface area (Å²) in [7, 11) is 1.60. The lowest BCUT2D eigenvalue weighted by atomic mass is 10.2. The molecule has 0 saturated heterocycles. The van der Waals surface area contributed by atoms with E-state index in [0.29, 0.717) is 23.8 Å². The van der Waals surface area contributed by atoms with Gasteiger partial charge in [0.1, 0.15) is 11.5 Å². The molecule has 7 heteroatoms. The molecule has 0 saturated carbocycles. The average Bonchev–Trinajstić information content (AvgIpc) is 2.70. The molecule has 28 heavy (non-hydrogen) atoms. The summed E-state index contributed by atoms with van der Waals surface area (Å²) in [5.74, 6) is 0.626. The van der Waals surface area contributed by atoms with Gasteiger partial charge < -0.3 is 19.5 Å². The lowest BCUT2D eigenvalue weighted by Crippen LogP contribution is -2.35. The van der Waals surface area contributed by atoms with Gasteiger partial charge in [-0.2, -0.15) is 0 Å². The van der Waals surface area contributed by atoms with Crippen LogP contribution in [0.15, 0.2) is 48.5 Å². The van der Waals surface area contributed by atoms with Gasteiger partial charge in [-0.1, -0.05) is 29.8 Å². The van der Waals surface area contributed by atoms with E-state index < -0.39 is 12.1 Å². The number of nitrogens with one attached hydrogen (secondary N) is 1. The highest BCUT2D eigenvalue weighted by molar-refractivity contribution is 6.31. The molecule has 0 aliphatic carbocycles. The number of carbonyl (C=O) groups is 2. The molecule has 2 aromatic carbocycles. The van der Waals surface area contributed by atoms with Gasteiger partial charge in [-0.05, 0) is 49.2 Å². The minimum atomic E-state index is -0.877. The number of carbonyl (C=O) groups excluding carboxylic acids is 2. The van der Waals surface area contributed by atoms with E-state index in [4.69, 9.17) is 25.8 Å². The highest BCUT2D eigenvalue weighted by Crippen LogP contribution is 2.17. The highest BCUT2D eigenvalue weighted by atomic mass is 35.5. The normalized spacial score (nSPS) is 11.4. The molecule has 1 amide bonds. The van der Waals surface area contributed by atoms with Gasteiger partial charge in [0, 0.05) is 18.0 Å². The minimum absolute atomic E-state index is 0.165. The Morgan fingerprint density at radius 1 is 1.07 bits per heavy atom. The maximum absolute atomic E-state index is 12.1. The smallest absolute Gasteiger partial charge is 0.306 e. The molecule has 0 aliphatic rings. The molecular formula is C21H24ClNO5. The molecule has 6 nitrogen and oxygen atoms in total. The molecule has 0 fully saturated rings. The number of ether oxygens (including phenoxy) is 3. The molecule has 0 aliphatic heterocycles. The third-order valence-corrected chi connectivity index (χ3v) is 4.31. The molecule has 0 aromatic heterocycles. The number of rotatable bonds is 10. The molecule has 0 bridgehead atoms. The van der Waals surface area contributed by atoms with Crippen LogP contribution in [0, 0.1) is 0 Å². The number of halogens is 1. The van der Waals surface area contributed by atoms with Crippen LogP contribution in [-0.4, -0.2) is 31.7 Å². The van der Waals surface area contributed by atoms with Crippen molar-refractivity contribution < 1.29 is 23.8 Å². The van der Waals surface area contributed by atoms with Gasteiger partial charge in [-0.3, -0.25) is 9.59 Å². The summed E-state index contributed by atoms with van der Waals surface area (Å²) in [5, 5.41) is 3.28. The first-order valence-corrected chi connectivity index (χ1v) is 9.35. The van der Waals surface area contributed by atoms with Crippen LogP contribution in [0.4, 0.5) is 0 Å². The molecule has 2 aromatic rings. The molecule has 0 heterocycles. The fourth-order valence-corrected chi connectivity index (χ4v) is 2.56. The summed E-state index contributed by atoms with van der Waals surface area (Å²) in [6.45, 7) is 2.18. The van der Waals surface area contributed by atoms with E-state index in [2.05, 4.69) is 5.32 Å². The van der Waals surface area contributed by atoms with Crippen molar-refractivity contribution >= 4 is 23.5 Å². The zero-order chi connectivity index (χ0) is 20.4. The van der Waals surface area contributed by atoms with E-state index in [0.717, 1.165) is 11.3 Å². The van der Waals surface area contributed by atoms with Crippen molar-refractivity contribution in [3.63, 3.8) is 0 Å². The van der Waals surface area contributed by atoms with Gasteiger partial charge in [0.05, 0.1) is 13.7 Å². The van der Waals surface area contributed by atoms with E-state index in [1.807, 2.05) is 18.2 Å². The highest BCUT2D eigenvalue weighted by Gasteiger charge is 2.17. The van der Waals surface area contributed by atoms with Gasteiger partial charge in [-0.15, -0.1) is 0 Å². The number of methoxy groups -OCH3 is 1. The monoisotopic (exact) mass is 405 g/mol. The summed E-state index contributed by atoms with van der Waals surface area (Å²) in [4.78, 5) is 23.9. The number of benzene rings is 2. The van der Waals surface area contributed by atoms with E-state index in [1.165, 1.54) is 6.92 Å². The van der Waals surface area contributed by atoms with E-state index in [-0.39, 0.29) is 18.9 Å². The molecule has 0 spiro atoms. The van der Waals surface area contributed by atoms with Gasteiger partial charge in [0.25, 0.3) is 5.91 Å². The van der Waals surface area contributed by atoms with Crippen molar-refractivity contribution in [1.82, 2.24) is 5.32 Å². The number of hydrogen-bond acceptors (Lipinski definition) is 5. The van der Waals surface area contributed by atoms with Crippen molar-refractivity contribution in [2.75, 3.05) is 13.7 Å². The van der Waals surface area contributed by atoms with E-state index in [1.54, 1.807) is 37.4 Å². The Bertz CT molecular complexity index is 779. The number of hydrogen-bond donors (Lipinski definition) is 1. The maximum Gasteiger partial charge on any atom is 0.306 e. The molecular weight excluding hydrogens is 382 g/mol. The van der Waals surface area contributed by atoms with Crippen LogP contribution in [0.1, 0.15) is 25.3 Å². The van der Waals surface area contributed by atoms with Crippen molar-refractivity contribution in [2.24, 2.45) is 0 Å². The quantitative estimate of drug-likeness (QED) is 0.481.